The maximum Gasteiger partial charge on any atom is 0.191 e. The van der Waals surface area contributed by atoms with Gasteiger partial charge in [-0.25, -0.2) is 0 Å². The minimum atomic E-state index is 0.438. The molecule has 2 N–H and O–H groups in total. The van der Waals surface area contributed by atoms with E-state index in [-0.39, 0.29) is 0 Å². The molecule has 0 spiro atoms. The van der Waals surface area contributed by atoms with Gasteiger partial charge in [-0.2, -0.15) is 11.3 Å². The fraction of sp³-hybridized carbons (Fsp3) is 0.722. The second-order valence-corrected chi connectivity index (χ2v) is 6.91. The molecule has 0 bridgehead atoms. The van der Waals surface area contributed by atoms with Gasteiger partial charge in [-0.1, -0.05) is 20.8 Å². The molecule has 5 heteroatoms. The Bertz CT molecular complexity index is 426. The largest absolute Gasteiger partial charge is 0.356 e. The topological polar surface area (TPSA) is 39.7 Å². The lowest BCUT2D eigenvalue weighted by Gasteiger charge is -2.22. The number of nitrogens with one attached hydrogen (secondary N) is 2. The highest BCUT2D eigenvalue weighted by atomic mass is 32.1. The van der Waals surface area contributed by atoms with E-state index in [1.54, 1.807) is 11.3 Å². The van der Waals surface area contributed by atoms with Crippen LogP contribution in [0.15, 0.2) is 21.8 Å². The third-order valence-corrected chi connectivity index (χ3v) is 5.00. The Morgan fingerprint density at radius 1 is 1.30 bits per heavy atom. The second kappa shape index (κ2) is 11.5. The maximum atomic E-state index is 4.34. The third kappa shape index (κ3) is 7.84. The molecule has 132 valence electrons. The van der Waals surface area contributed by atoms with Crippen molar-refractivity contribution in [2.24, 2.45) is 4.99 Å². The Morgan fingerprint density at radius 3 is 2.61 bits per heavy atom. The molecule has 2 unspecified atom stereocenters. The average Bonchev–Trinajstić information content (AvgIpc) is 3.09. The molecule has 23 heavy (non-hydrogen) atoms. The first kappa shape index (κ1) is 20.0. The lowest BCUT2D eigenvalue weighted by atomic mass is 10.1. The summed E-state index contributed by atoms with van der Waals surface area (Å²) in [6.45, 7) is 13.3. The number of hydrogen-bond acceptors (Lipinski definition) is 3. The fourth-order valence-corrected chi connectivity index (χ4v) is 3.37. The molecule has 2 atom stereocenters. The van der Waals surface area contributed by atoms with Crippen LogP contribution in [-0.2, 0) is 0 Å². The Hall–Kier alpha value is -1.07. The van der Waals surface area contributed by atoms with E-state index in [2.05, 4.69) is 65.0 Å². The maximum absolute atomic E-state index is 4.34. The molecule has 0 fully saturated rings. The van der Waals surface area contributed by atoms with Crippen molar-refractivity contribution < 1.29 is 0 Å². The summed E-state index contributed by atoms with van der Waals surface area (Å²) in [6, 6.07) is 2.64. The van der Waals surface area contributed by atoms with Gasteiger partial charge >= 0.3 is 0 Å². The first-order valence-corrected chi connectivity index (χ1v) is 9.76. The Kier molecular flexibility index (Phi) is 9.96. The van der Waals surface area contributed by atoms with E-state index >= 15 is 0 Å². The minimum absolute atomic E-state index is 0.438. The standard InChI is InChI=1S/C18H34N4S/c1-6-22(7-2)11-8-9-16(4)21-18(19-5)20-13-15(3)17-10-12-23-14-17/h10,12,14-16H,6-9,11,13H2,1-5H3,(H2,19,20,21). The van der Waals surface area contributed by atoms with Crippen LogP contribution in [0.5, 0.6) is 0 Å². The fourth-order valence-electron chi connectivity index (χ4n) is 2.58. The lowest BCUT2D eigenvalue weighted by Crippen LogP contribution is -2.43. The molecule has 0 saturated carbocycles. The first-order chi connectivity index (χ1) is 11.1. The summed E-state index contributed by atoms with van der Waals surface area (Å²) >= 11 is 1.76. The molecular formula is C18H34N4S. The molecule has 0 aromatic carbocycles. The highest BCUT2D eigenvalue weighted by Gasteiger charge is 2.09. The highest BCUT2D eigenvalue weighted by molar-refractivity contribution is 7.07. The van der Waals surface area contributed by atoms with Gasteiger partial charge in [-0.15, -0.1) is 0 Å². The summed E-state index contributed by atoms with van der Waals surface area (Å²) in [5.41, 5.74) is 1.39. The Labute approximate surface area is 146 Å². The summed E-state index contributed by atoms with van der Waals surface area (Å²) in [5.74, 6) is 1.40. The number of rotatable bonds is 10. The van der Waals surface area contributed by atoms with E-state index in [0.717, 1.165) is 32.0 Å². The van der Waals surface area contributed by atoms with Gasteiger partial charge in [0.2, 0.25) is 0 Å². The monoisotopic (exact) mass is 338 g/mol. The van der Waals surface area contributed by atoms with Crippen LogP contribution >= 0.6 is 11.3 Å². The second-order valence-electron chi connectivity index (χ2n) is 6.13. The SMILES string of the molecule is CCN(CC)CCCC(C)NC(=NC)NCC(C)c1ccsc1. The van der Waals surface area contributed by atoms with Crippen LogP contribution in [0.25, 0.3) is 0 Å². The van der Waals surface area contributed by atoms with Gasteiger partial charge < -0.3 is 15.5 Å². The van der Waals surface area contributed by atoms with Gasteiger partial charge in [0.25, 0.3) is 0 Å². The Morgan fingerprint density at radius 2 is 2.04 bits per heavy atom. The smallest absolute Gasteiger partial charge is 0.191 e. The summed E-state index contributed by atoms with van der Waals surface area (Å²) in [4.78, 5) is 6.82. The zero-order valence-corrected chi connectivity index (χ0v) is 16.2. The van der Waals surface area contributed by atoms with Crippen molar-refractivity contribution in [3.63, 3.8) is 0 Å². The summed E-state index contributed by atoms with van der Waals surface area (Å²) in [7, 11) is 1.84. The van der Waals surface area contributed by atoms with Crippen LogP contribution in [0.3, 0.4) is 0 Å². The van der Waals surface area contributed by atoms with Crippen LogP contribution in [0.4, 0.5) is 0 Å². The van der Waals surface area contributed by atoms with Crippen LogP contribution in [0.1, 0.15) is 52.0 Å². The molecule has 4 nitrogen and oxygen atoms in total. The summed E-state index contributed by atoms with van der Waals surface area (Å²) in [5, 5.41) is 11.3. The van der Waals surface area contributed by atoms with E-state index in [1.807, 2.05) is 7.05 Å². The number of thiophene rings is 1. The van der Waals surface area contributed by atoms with Crippen LogP contribution in [-0.4, -0.2) is 50.1 Å². The molecule has 0 aliphatic rings. The van der Waals surface area contributed by atoms with E-state index in [9.17, 15) is 0 Å². The molecule has 0 aliphatic carbocycles. The predicted octanol–water partition coefficient (Wildman–Crippen LogP) is 3.53. The van der Waals surface area contributed by atoms with Gasteiger partial charge in [0.05, 0.1) is 0 Å². The molecule has 0 saturated heterocycles. The van der Waals surface area contributed by atoms with Gasteiger partial charge in [-0.3, -0.25) is 4.99 Å². The van der Waals surface area contributed by atoms with Crippen LogP contribution in [0, 0.1) is 0 Å². The van der Waals surface area contributed by atoms with Crippen molar-refractivity contribution in [2.45, 2.75) is 52.5 Å². The number of nitrogens with zero attached hydrogens (tertiary/aromatic N) is 2. The van der Waals surface area contributed by atoms with Crippen molar-refractivity contribution in [3.8, 4) is 0 Å². The summed E-state index contributed by atoms with van der Waals surface area (Å²) in [6.07, 6.45) is 2.38. The molecule has 0 radical (unpaired) electrons. The van der Waals surface area contributed by atoms with E-state index in [1.165, 1.54) is 18.5 Å². The molecule has 1 aromatic heterocycles. The molecular weight excluding hydrogens is 304 g/mol. The van der Waals surface area contributed by atoms with Crippen molar-refractivity contribution >= 4 is 17.3 Å². The quantitative estimate of drug-likeness (QED) is 0.506. The number of hydrogen-bond donors (Lipinski definition) is 2. The molecule has 1 aromatic rings. The van der Waals surface area contributed by atoms with Gasteiger partial charge in [0.1, 0.15) is 0 Å². The van der Waals surface area contributed by atoms with Gasteiger partial charge in [-0.05, 0) is 67.7 Å². The van der Waals surface area contributed by atoms with Crippen LogP contribution in [0.2, 0.25) is 0 Å². The summed E-state index contributed by atoms with van der Waals surface area (Å²) < 4.78 is 0. The third-order valence-electron chi connectivity index (χ3n) is 4.30. The number of aliphatic imine (C=N–C) groups is 1. The highest BCUT2D eigenvalue weighted by Crippen LogP contribution is 2.16. The van der Waals surface area contributed by atoms with Crippen molar-refractivity contribution in [1.82, 2.24) is 15.5 Å². The van der Waals surface area contributed by atoms with Gasteiger partial charge in [0, 0.05) is 19.6 Å². The van der Waals surface area contributed by atoms with Crippen molar-refractivity contribution in [2.75, 3.05) is 33.2 Å². The lowest BCUT2D eigenvalue weighted by molar-refractivity contribution is 0.292. The van der Waals surface area contributed by atoms with E-state index < -0.39 is 0 Å². The van der Waals surface area contributed by atoms with Gasteiger partial charge in [0.15, 0.2) is 5.96 Å². The zero-order valence-electron chi connectivity index (χ0n) is 15.4. The first-order valence-electron chi connectivity index (χ1n) is 8.82. The van der Waals surface area contributed by atoms with E-state index in [4.69, 9.17) is 0 Å². The van der Waals surface area contributed by atoms with E-state index in [0.29, 0.717) is 12.0 Å². The minimum Gasteiger partial charge on any atom is -0.356 e. The predicted molar refractivity (Wildman–Crippen MR) is 104 cm³/mol. The molecule has 0 amide bonds. The Balaban J connectivity index is 2.27. The molecule has 1 rings (SSSR count). The van der Waals surface area contributed by atoms with Crippen molar-refractivity contribution in [1.29, 1.82) is 0 Å². The molecule has 1 heterocycles. The van der Waals surface area contributed by atoms with Crippen LogP contribution < -0.4 is 10.6 Å². The molecule has 0 aliphatic heterocycles. The zero-order chi connectivity index (χ0) is 17.1. The van der Waals surface area contributed by atoms with Crippen molar-refractivity contribution in [3.05, 3.63) is 22.4 Å². The number of guanidine groups is 1. The normalized spacial score (nSPS) is 14.8. The average molecular weight is 339 g/mol.